The lowest BCUT2D eigenvalue weighted by Gasteiger charge is -2.20. The average molecular weight is 300 g/mol. The molecular formula is C16H32N2O3. The van der Waals surface area contributed by atoms with Crippen molar-refractivity contribution in [3.05, 3.63) is 0 Å². The standard InChI is InChI=1S/C16H32N2O3/c1-3-5-6-7-8-9-10-11-13-17-16(21)18(4-2)14-12-15(19)20/h3-14H2,1-2H3,(H,17,21)(H,19,20). The maximum atomic E-state index is 11.8. The third kappa shape index (κ3) is 12.2. The van der Waals surface area contributed by atoms with Crippen LogP contribution in [0, 0.1) is 0 Å². The molecule has 0 saturated heterocycles. The summed E-state index contributed by atoms with van der Waals surface area (Å²) >= 11 is 0. The topological polar surface area (TPSA) is 69.6 Å². The van der Waals surface area contributed by atoms with Crippen LogP contribution >= 0.6 is 0 Å². The molecule has 0 aromatic heterocycles. The van der Waals surface area contributed by atoms with Crippen molar-refractivity contribution in [2.45, 2.75) is 71.6 Å². The van der Waals surface area contributed by atoms with Gasteiger partial charge in [-0.2, -0.15) is 0 Å². The first-order chi connectivity index (χ1) is 10.1. The van der Waals surface area contributed by atoms with Gasteiger partial charge in [-0.25, -0.2) is 4.79 Å². The minimum absolute atomic E-state index is 0.000972. The highest BCUT2D eigenvalue weighted by Gasteiger charge is 2.11. The number of urea groups is 1. The predicted molar refractivity (Wildman–Crippen MR) is 85.5 cm³/mol. The van der Waals surface area contributed by atoms with E-state index in [0.717, 1.165) is 12.8 Å². The van der Waals surface area contributed by atoms with Crippen LogP contribution in [0.15, 0.2) is 0 Å². The first-order valence-electron chi connectivity index (χ1n) is 8.36. The summed E-state index contributed by atoms with van der Waals surface area (Å²) in [5, 5.41) is 11.5. The van der Waals surface area contributed by atoms with E-state index >= 15 is 0 Å². The Morgan fingerprint density at radius 2 is 1.52 bits per heavy atom. The maximum absolute atomic E-state index is 11.8. The Kier molecular flexibility index (Phi) is 12.9. The van der Waals surface area contributed by atoms with Gasteiger partial charge in [0.2, 0.25) is 0 Å². The van der Waals surface area contributed by atoms with E-state index in [4.69, 9.17) is 5.11 Å². The lowest BCUT2D eigenvalue weighted by atomic mass is 10.1. The van der Waals surface area contributed by atoms with Crippen molar-refractivity contribution >= 4 is 12.0 Å². The van der Waals surface area contributed by atoms with Gasteiger partial charge in [0, 0.05) is 19.6 Å². The molecule has 21 heavy (non-hydrogen) atoms. The molecule has 0 spiro atoms. The SMILES string of the molecule is CCCCCCCCCCNC(=O)N(CC)CCC(=O)O. The molecule has 0 rings (SSSR count). The van der Waals surface area contributed by atoms with Crippen LogP contribution < -0.4 is 5.32 Å². The third-order valence-electron chi connectivity index (χ3n) is 3.57. The zero-order valence-corrected chi connectivity index (χ0v) is 13.7. The molecule has 5 heteroatoms. The fraction of sp³-hybridized carbons (Fsp3) is 0.875. The highest BCUT2D eigenvalue weighted by molar-refractivity contribution is 5.75. The number of aliphatic carboxylic acids is 1. The van der Waals surface area contributed by atoms with Crippen molar-refractivity contribution < 1.29 is 14.7 Å². The number of carboxylic acid groups (broad SMARTS) is 1. The van der Waals surface area contributed by atoms with Gasteiger partial charge in [-0.3, -0.25) is 4.79 Å². The van der Waals surface area contributed by atoms with Gasteiger partial charge in [0.15, 0.2) is 0 Å². The van der Waals surface area contributed by atoms with Gasteiger partial charge in [0.1, 0.15) is 0 Å². The Labute approximate surface area is 129 Å². The second-order valence-corrected chi connectivity index (χ2v) is 5.43. The zero-order chi connectivity index (χ0) is 15.9. The smallest absolute Gasteiger partial charge is 0.317 e. The number of carbonyl (C=O) groups is 2. The lowest BCUT2D eigenvalue weighted by molar-refractivity contribution is -0.137. The number of unbranched alkanes of at least 4 members (excludes halogenated alkanes) is 7. The fourth-order valence-corrected chi connectivity index (χ4v) is 2.20. The number of rotatable bonds is 13. The Morgan fingerprint density at radius 1 is 0.952 bits per heavy atom. The molecule has 0 saturated carbocycles. The molecule has 0 aliphatic heterocycles. The number of amides is 2. The minimum Gasteiger partial charge on any atom is -0.481 e. The molecule has 0 radical (unpaired) electrons. The van der Waals surface area contributed by atoms with Gasteiger partial charge in [-0.1, -0.05) is 51.9 Å². The third-order valence-corrected chi connectivity index (χ3v) is 3.57. The van der Waals surface area contributed by atoms with E-state index in [9.17, 15) is 9.59 Å². The van der Waals surface area contributed by atoms with E-state index < -0.39 is 5.97 Å². The molecule has 124 valence electrons. The second-order valence-electron chi connectivity index (χ2n) is 5.43. The molecular weight excluding hydrogens is 268 g/mol. The van der Waals surface area contributed by atoms with E-state index in [-0.39, 0.29) is 19.0 Å². The van der Waals surface area contributed by atoms with Crippen LogP contribution in [0.1, 0.15) is 71.6 Å². The number of hydrogen-bond acceptors (Lipinski definition) is 2. The van der Waals surface area contributed by atoms with E-state index in [0.29, 0.717) is 13.1 Å². The van der Waals surface area contributed by atoms with Gasteiger partial charge >= 0.3 is 12.0 Å². The van der Waals surface area contributed by atoms with Gasteiger partial charge in [-0.05, 0) is 13.3 Å². The molecule has 0 fully saturated rings. The van der Waals surface area contributed by atoms with Crippen LogP contribution in [0.25, 0.3) is 0 Å². The number of carbonyl (C=O) groups excluding carboxylic acids is 1. The average Bonchev–Trinajstić information content (AvgIpc) is 2.46. The summed E-state index contributed by atoms with van der Waals surface area (Å²) in [7, 11) is 0. The van der Waals surface area contributed by atoms with Crippen molar-refractivity contribution in [2.75, 3.05) is 19.6 Å². The lowest BCUT2D eigenvalue weighted by Crippen LogP contribution is -2.41. The molecule has 0 unspecified atom stereocenters. The highest BCUT2D eigenvalue weighted by Crippen LogP contribution is 2.07. The first kappa shape index (κ1) is 19.7. The van der Waals surface area contributed by atoms with Crippen molar-refractivity contribution in [1.82, 2.24) is 10.2 Å². The van der Waals surface area contributed by atoms with Crippen molar-refractivity contribution in [1.29, 1.82) is 0 Å². The summed E-state index contributed by atoms with van der Waals surface area (Å²) in [6.45, 7) is 5.57. The van der Waals surface area contributed by atoms with Gasteiger partial charge in [0.05, 0.1) is 6.42 Å². The number of nitrogens with zero attached hydrogens (tertiary/aromatic N) is 1. The van der Waals surface area contributed by atoms with Gasteiger partial charge in [0.25, 0.3) is 0 Å². The summed E-state index contributed by atoms with van der Waals surface area (Å²) in [4.78, 5) is 23.9. The quantitative estimate of drug-likeness (QED) is 0.510. The highest BCUT2D eigenvalue weighted by atomic mass is 16.4. The normalized spacial score (nSPS) is 10.4. The van der Waals surface area contributed by atoms with Crippen molar-refractivity contribution in [3.63, 3.8) is 0 Å². The van der Waals surface area contributed by atoms with Crippen LogP contribution in [-0.4, -0.2) is 41.6 Å². The molecule has 0 aromatic rings. The predicted octanol–water partition coefficient (Wildman–Crippen LogP) is 3.63. The van der Waals surface area contributed by atoms with E-state index in [2.05, 4.69) is 12.2 Å². The molecule has 5 nitrogen and oxygen atoms in total. The molecule has 0 aliphatic carbocycles. The van der Waals surface area contributed by atoms with E-state index in [1.54, 1.807) is 4.90 Å². The molecule has 2 amide bonds. The fourth-order valence-electron chi connectivity index (χ4n) is 2.20. The summed E-state index contributed by atoms with van der Waals surface area (Å²) in [6, 6.07) is -0.151. The van der Waals surface area contributed by atoms with Crippen LogP contribution in [0.4, 0.5) is 4.79 Å². The zero-order valence-electron chi connectivity index (χ0n) is 13.7. The number of carboxylic acids is 1. The van der Waals surface area contributed by atoms with Crippen LogP contribution in [0.3, 0.4) is 0 Å². The van der Waals surface area contributed by atoms with Gasteiger partial charge < -0.3 is 15.3 Å². The summed E-state index contributed by atoms with van der Waals surface area (Å²) in [5.74, 6) is -0.871. The van der Waals surface area contributed by atoms with Crippen molar-refractivity contribution in [3.8, 4) is 0 Å². The number of hydrogen-bond donors (Lipinski definition) is 2. The number of nitrogens with one attached hydrogen (secondary N) is 1. The van der Waals surface area contributed by atoms with E-state index in [1.165, 1.54) is 38.5 Å². The van der Waals surface area contributed by atoms with E-state index in [1.807, 2.05) is 6.92 Å². The molecule has 0 heterocycles. The molecule has 2 N–H and O–H groups in total. The Balaban J connectivity index is 3.52. The summed E-state index contributed by atoms with van der Waals surface area (Å²) in [5.41, 5.74) is 0. The monoisotopic (exact) mass is 300 g/mol. The Hall–Kier alpha value is -1.26. The minimum atomic E-state index is -0.871. The van der Waals surface area contributed by atoms with Crippen LogP contribution in [0.2, 0.25) is 0 Å². The second kappa shape index (κ2) is 13.7. The Morgan fingerprint density at radius 3 is 2.05 bits per heavy atom. The Bertz CT molecular complexity index is 283. The molecule has 0 aliphatic rings. The maximum Gasteiger partial charge on any atom is 0.317 e. The first-order valence-corrected chi connectivity index (χ1v) is 8.36. The van der Waals surface area contributed by atoms with Crippen LogP contribution in [-0.2, 0) is 4.79 Å². The summed E-state index contributed by atoms with van der Waals surface area (Å²) < 4.78 is 0. The molecule has 0 atom stereocenters. The summed E-state index contributed by atoms with van der Waals surface area (Å²) in [6.07, 6.45) is 9.93. The molecule has 0 aromatic carbocycles. The van der Waals surface area contributed by atoms with Crippen LogP contribution in [0.5, 0.6) is 0 Å². The molecule has 0 bridgehead atoms. The largest absolute Gasteiger partial charge is 0.481 e. The van der Waals surface area contributed by atoms with Crippen molar-refractivity contribution in [2.24, 2.45) is 0 Å². The van der Waals surface area contributed by atoms with Gasteiger partial charge in [-0.15, -0.1) is 0 Å².